The zero-order valence-electron chi connectivity index (χ0n) is 10.2. The molecule has 15 heavy (non-hydrogen) atoms. The van der Waals surface area contributed by atoms with Gasteiger partial charge in [-0.15, -0.1) is 0 Å². The maximum absolute atomic E-state index is 4.16. The predicted molar refractivity (Wildman–Crippen MR) is 68.1 cm³/mol. The Kier molecular flexibility index (Phi) is 4.61. The van der Waals surface area contributed by atoms with Gasteiger partial charge in [-0.25, -0.2) is 0 Å². The average Bonchev–Trinajstić information content (AvgIpc) is 2.22. The molecule has 1 aromatic carbocycles. The van der Waals surface area contributed by atoms with Crippen molar-refractivity contribution in [2.24, 2.45) is 5.92 Å². The van der Waals surface area contributed by atoms with E-state index in [1.54, 1.807) is 0 Å². The van der Waals surface area contributed by atoms with Gasteiger partial charge < -0.3 is 0 Å². The first-order valence-electron chi connectivity index (χ1n) is 5.86. The van der Waals surface area contributed by atoms with Crippen LogP contribution in [0.15, 0.2) is 36.4 Å². The van der Waals surface area contributed by atoms with E-state index in [4.69, 9.17) is 0 Å². The van der Waals surface area contributed by atoms with Gasteiger partial charge in [0.05, 0.1) is 0 Å². The molecule has 0 spiro atoms. The molecule has 1 atom stereocenters. The molecule has 0 N–H and O–H groups in total. The Morgan fingerprint density at radius 3 is 2.40 bits per heavy atom. The predicted octanol–water partition coefficient (Wildman–Crippen LogP) is 4.53. The van der Waals surface area contributed by atoms with Crippen molar-refractivity contribution >= 4 is 0 Å². The molecule has 0 aliphatic heterocycles. The highest BCUT2D eigenvalue weighted by molar-refractivity contribution is 5.22. The fourth-order valence-corrected chi connectivity index (χ4v) is 1.79. The summed E-state index contributed by atoms with van der Waals surface area (Å²) < 4.78 is 0. The van der Waals surface area contributed by atoms with Crippen molar-refractivity contribution < 1.29 is 0 Å². The van der Waals surface area contributed by atoms with Crippen LogP contribution in [0.25, 0.3) is 0 Å². The van der Waals surface area contributed by atoms with Gasteiger partial charge in [0, 0.05) is 0 Å². The maximum Gasteiger partial charge on any atom is -0.0194 e. The second kappa shape index (κ2) is 5.75. The van der Waals surface area contributed by atoms with E-state index < -0.39 is 0 Å². The van der Waals surface area contributed by atoms with Gasteiger partial charge >= 0.3 is 0 Å². The molecule has 1 rings (SSSR count). The summed E-state index contributed by atoms with van der Waals surface area (Å²) >= 11 is 0. The van der Waals surface area contributed by atoms with Gasteiger partial charge in [0.15, 0.2) is 0 Å². The quantitative estimate of drug-likeness (QED) is 0.615. The van der Waals surface area contributed by atoms with Crippen LogP contribution in [0.3, 0.4) is 0 Å². The molecule has 0 saturated carbocycles. The second-order valence-electron chi connectivity index (χ2n) is 4.50. The topological polar surface area (TPSA) is 0 Å². The van der Waals surface area contributed by atoms with Crippen LogP contribution in [0.5, 0.6) is 0 Å². The number of benzene rings is 1. The van der Waals surface area contributed by atoms with Crippen LogP contribution in [-0.4, -0.2) is 0 Å². The van der Waals surface area contributed by atoms with E-state index >= 15 is 0 Å². The van der Waals surface area contributed by atoms with Crippen LogP contribution in [0.1, 0.15) is 37.8 Å². The maximum atomic E-state index is 4.16. The molecule has 0 bridgehead atoms. The van der Waals surface area contributed by atoms with Crippen LogP contribution in [-0.2, 0) is 6.42 Å². The highest BCUT2D eigenvalue weighted by Crippen LogP contribution is 2.19. The summed E-state index contributed by atoms with van der Waals surface area (Å²) in [4.78, 5) is 0. The Labute approximate surface area is 94.0 Å². The molecular weight excluding hydrogens is 180 g/mol. The minimum absolute atomic E-state index is 0.604. The van der Waals surface area contributed by atoms with Crippen molar-refractivity contribution in [3.8, 4) is 0 Å². The molecule has 0 aliphatic rings. The summed E-state index contributed by atoms with van der Waals surface area (Å²) in [7, 11) is 0. The minimum Gasteiger partial charge on any atom is -0.0996 e. The highest BCUT2D eigenvalue weighted by atomic mass is 14.1. The molecule has 1 aromatic rings. The molecule has 0 aliphatic carbocycles. The standard InChI is InChI=1S/C15H22/c1-5-6-13(3)14(4)11-15-9-7-12(2)8-10-15/h7-10,14H,3,5-6,11H2,1-2,4H3. The van der Waals surface area contributed by atoms with Crippen molar-refractivity contribution in [1.29, 1.82) is 0 Å². The Balaban J connectivity index is 2.54. The number of aryl methyl sites for hydroxylation is 1. The zero-order valence-corrected chi connectivity index (χ0v) is 10.2. The molecule has 0 fully saturated rings. The van der Waals surface area contributed by atoms with Crippen molar-refractivity contribution in [3.05, 3.63) is 47.5 Å². The lowest BCUT2D eigenvalue weighted by Crippen LogP contribution is -2.02. The van der Waals surface area contributed by atoms with Crippen molar-refractivity contribution in [1.82, 2.24) is 0 Å². The van der Waals surface area contributed by atoms with Crippen LogP contribution in [0, 0.1) is 12.8 Å². The van der Waals surface area contributed by atoms with E-state index in [1.165, 1.54) is 23.1 Å². The Hall–Kier alpha value is -1.04. The summed E-state index contributed by atoms with van der Waals surface area (Å²) in [6, 6.07) is 8.82. The number of allylic oxidation sites excluding steroid dienone is 1. The zero-order chi connectivity index (χ0) is 11.3. The van der Waals surface area contributed by atoms with Crippen LogP contribution in [0.2, 0.25) is 0 Å². The van der Waals surface area contributed by atoms with Gasteiger partial charge in [-0.1, -0.05) is 62.2 Å². The largest absolute Gasteiger partial charge is 0.0996 e. The minimum atomic E-state index is 0.604. The molecule has 0 amide bonds. The smallest absolute Gasteiger partial charge is 0.0194 e. The first kappa shape index (κ1) is 12.0. The van der Waals surface area contributed by atoms with Crippen LogP contribution in [0.4, 0.5) is 0 Å². The fourth-order valence-electron chi connectivity index (χ4n) is 1.79. The third kappa shape index (κ3) is 3.91. The normalized spacial score (nSPS) is 12.5. The number of rotatable bonds is 5. The Bertz CT molecular complexity index is 305. The summed E-state index contributed by atoms with van der Waals surface area (Å²) in [5, 5.41) is 0. The third-order valence-electron chi connectivity index (χ3n) is 2.93. The van der Waals surface area contributed by atoms with Crippen molar-refractivity contribution in [2.75, 3.05) is 0 Å². The molecule has 1 unspecified atom stereocenters. The summed E-state index contributed by atoms with van der Waals surface area (Å²) in [6.45, 7) is 10.8. The monoisotopic (exact) mass is 202 g/mol. The Morgan fingerprint density at radius 2 is 1.87 bits per heavy atom. The lowest BCUT2D eigenvalue weighted by atomic mass is 9.92. The SMILES string of the molecule is C=C(CCC)C(C)Cc1ccc(C)cc1. The third-order valence-corrected chi connectivity index (χ3v) is 2.93. The molecule has 0 aromatic heterocycles. The van der Waals surface area contributed by atoms with Gasteiger partial charge in [-0.05, 0) is 31.2 Å². The molecule has 82 valence electrons. The van der Waals surface area contributed by atoms with E-state index in [2.05, 4.69) is 51.6 Å². The second-order valence-corrected chi connectivity index (χ2v) is 4.50. The van der Waals surface area contributed by atoms with E-state index in [1.807, 2.05) is 0 Å². The molecule has 0 saturated heterocycles. The summed E-state index contributed by atoms with van der Waals surface area (Å²) in [6.07, 6.45) is 3.49. The van der Waals surface area contributed by atoms with Gasteiger partial charge in [-0.2, -0.15) is 0 Å². The highest BCUT2D eigenvalue weighted by Gasteiger charge is 2.06. The number of hydrogen-bond donors (Lipinski definition) is 0. The first-order valence-corrected chi connectivity index (χ1v) is 5.86. The first-order chi connectivity index (χ1) is 7.13. The average molecular weight is 202 g/mol. The van der Waals surface area contributed by atoms with Crippen LogP contribution < -0.4 is 0 Å². The van der Waals surface area contributed by atoms with Crippen LogP contribution >= 0.6 is 0 Å². The lowest BCUT2D eigenvalue weighted by Gasteiger charge is -2.14. The van der Waals surface area contributed by atoms with Crippen molar-refractivity contribution in [3.63, 3.8) is 0 Å². The number of hydrogen-bond acceptors (Lipinski definition) is 0. The van der Waals surface area contributed by atoms with Gasteiger partial charge in [0.2, 0.25) is 0 Å². The summed E-state index contributed by atoms with van der Waals surface area (Å²) in [5.74, 6) is 0.604. The van der Waals surface area contributed by atoms with E-state index in [0.29, 0.717) is 5.92 Å². The van der Waals surface area contributed by atoms with Crippen molar-refractivity contribution in [2.45, 2.75) is 40.0 Å². The summed E-state index contributed by atoms with van der Waals surface area (Å²) in [5.41, 5.74) is 4.14. The molecule has 0 radical (unpaired) electrons. The molecule has 0 heteroatoms. The fraction of sp³-hybridized carbons (Fsp3) is 0.467. The van der Waals surface area contributed by atoms with Gasteiger partial charge in [-0.3, -0.25) is 0 Å². The van der Waals surface area contributed by atoms with E-state index in [9.17, 15) is 0 Å². The van der Waals surface area contributed by atoms with E-state index in [-0.39, 0.29) is 0 Å². The van der Waals surface area contributed by atoms with E-state index in [0.717, 1.165) is 12.8 Å². The molecule has 0 heterocycles. The lowest BCUT2D eigenvalue weighted by molar-refractivity contribution is 0.639. The molecular formula is C15H22. The van der Waals surface area contributed by atoms with Gasteiger partial charge in [0.1, 0.15) is 0 Å². The van der Waals surface area contributed by atoms with Gasteiger partial charge in [0.25, 0.3) is 0 Å². The Morgan fingerprint density at radius 1 is 1.27 bits per heavy atom. The molecule has 0 nitrogen and oxygen atoms in total.